The number of aryl methyl sites for hydroxylation is 1. The van der Waals surface area contributed by atoms with Gasteiger partial charge in [-0.2, -0.15) is 5.26 Å². The number of hydrogen-bond donors (Lipinski definition) is 1. The van der Waals surface area contributed by atoms with E-state index in [4.69, 9.17) is 21.6 Å². The minimum absolute atomic E-state index is 0.0815. The molecule has 0 aliphatic heterocycles. The number of nitrogens with one attached hydrogen (secondary N) is 1. The molecule has 0 bridgehead atoms. The number of hydrogen-bond acceptors (Lipinski definition) is 4. The standard InChI is InChI=1S/C17H12ClFN2O3/c1-10-2-4-12(7-14(10)18)21-16(22)9-24-17(23)13-5-3-11(8-20)6-15(13)19/h2-7H,9H2,1H3,(H,21,22). The number of ether oxygens (including phenoxy) is 1. The maximum absolute atomic E-state index is 13.7. The first-order valence-corrected chi connectivity index (χ1v) is 7.21. The summed E-state index contributed by atoms with van der Waals surface area (Å²) in [7, 11) is 0. The Morgan fingerprint density at radius 1 is 1.29 bits per heavy atom. The lowest BCUT2D eigenvalue weighted by Gasteiger charge is -2.08. The van der Waals surface area contributed by atoms with Crippen LogP contribution in [0.4, 0.5) is 10.1 Å². The van der Waals surface area contributed by atoms with E-state index < -0.39 is 24.3 Å². The molecule has 0 saturated carbocycles. The van der Waals surface area contributed by atoms with E-state index in [-0.39, 0.29) is 11.1 Å². The maximum Gasteiger partial charge on any atom is 0.341 e. The molecule has 2 aromatic carbocycles. The zero-order chi connectivity index (χ0) is 17.7. The van der Waals surface area contributed by atoms with Gasteiger partial charge in [0.2, 0.25) is 0 Å². The number of nitriles is 1. The summed E-state index contributed by atoms with van der Waals surface area (Å²) in [5.74, 6) is -2.46. The van der Waals surface area contributed by atoms with Gasteiger partial charge in [0.1, 0.15) is 5.82 Å². The first-order valence-electron chi connectivity index (χ1n) is 6.83. The molecule has 0 aliphatic rings. The number of carbonyl (C=O) groups excluding carboxylic acids is 2. The molecule has 5 nitrogen and oxygen atoms in total. The van der Waals surface area contributed by atoms with Crippen molar-refractivity contribution in [2.24, 2.45) is 0 Å². The summed E-state index contributed by atoms with van der Waals surface area (Å²) in [5, 5.41) is 11.7. The van der Waals surface area contributed by atoms with Gasteiger partial charge in [-0.3, -0.25) is 4.79 Å². The number of nitrogens with zero attached hydrogens (tertiary/aromatic N) is 1. The van der Waals surface area contributed by atoms with Gasteiger partial charge in [0.15, 0.2) is 6.61 Å². The Hall–Kier alpha value is -2.91. The lowest BCUT2D eigenvalue weighted by atomic mass is 10.1. The number of esters is 1. The Bertz CT molecular complexity index is 846. The predicted molar refractivity (Wildman–Crippen MR) is 86.2 cm³/mol. The molecule has 0 aromatic heterocycles. The molecule has 0 unspecified atom stereocenters. The van der Waals surface area contributed by atoms with E-state index in [9.17, 15) is 14.0 Å². The van der Waals surface area contributed by atoms with E-state index in [2.05, 4.69) is 5.32 Å². The average Bonchev–Trinajstić information content (AvgIpc) is 2.56. The molecule has 1 N–H and O–H groups in total. The minimum atomic E-state index is -0.992. The number of amides is 1. The molecular formula is C17H12ClFN2O3. The number of benzene rings is 2. The van der Waals surface area contributed by atoms with E-state index in [1.54, 1.807) is 24.3 Å². The molecule has 7 heteroatoms. The molecule has 0 saturated heterocycles. The molecule has 2 rings (SSSR count). The van der Waals surface area contributed by atoms with Crippen molar-refractivity contribution in [1.82, 2.24) is 0 Å². The summed E-state index contributed by atoms with van der Waals surface area (Å²) in [6, 6.07) is 10.0. The van der Waals surface area contributed by atoms with Crippen LogP contribution in [0.5, 0.6) is 0 Å². The maximum atomic E-state index is 13.7. The zero-order valence-corrected chi connectivity index (χ0v) is 13.4. The van der Waals surface area contributed by atoms with Gasteiger partial charge in [0.05, 0.1) is 17.2 Å². The molecule has 0 spiro atoms. The van der Waals surface area contributed by atoms with Crippen LogP contribution < -0.4 is 5.32 Å². The van der Waals surface area contributed by atoms with Crippen molar-refractivity contribution in [3.63, 3.8) is 0 Å². The summed E-state index contributed by atoms with van der Waals surface area (Å²) in [6.45, 7) is 1.24. The van der Waals surface area contributed by atoms with Crippen LogP contribution in [0.3, 0.4) is 0 Å². The average molecular weight is 347 g/mol. The summed E-state index contributed by atoms with van der Waals surface area (Å²) >= 11 is 5.95. The van der Waals surface area contributed by atoms with Crippen molar-refractivity contribution < 1.29 is 18.7 Å². The highest BCUT2D eigenvalue weighted by Gasteiger charge is 2.15. The van der Waals surface area contributed by atoms with E-state index in [0.29, 0.717) is 10.7 Å². The Morgan fingerprint density at radius 3 is 2.67 bits per heavy atom. The van der Waals surface area contributed by atoms with Crippen LogP contribution in [0.1, 0.15) is 21.5 Å². The fraction of sp³-hybridized carbons (Fsp3) is 0.118. The minimum Gasteiger partial charge on any atom is -0.452 e. The third-order valence-corrected chi connectivity index (χ3v) is 3.52. The van der Waals surface area contributed by atoms with Gasteiger partial charge < -0.3 is 10.1 Å². The molecule has 0 atom stereocenters. The fourth-order valence-electron chi connectivity index (χ4n) is 1.83. The van der Waals surface area contributed by atoms with Gasteiger partial charge in [0, 0.05) is 10.7 Å². The lowest BCUT2D eigenvalue weighted by molar-refractivity contribution is -0.119. The van der Waals surface area contributed by atoms with Crippen molar-refractivity contribution >= 4 is 29.2 Å². The number of carbonyl (C=O) groups is 2. The van der Waals surface area contributed by atoms with Crippen molar-refractivity contribution in [1.29, 1.82) is 5.26 Å². The molecular weight excluding hydrogens is 335 g/mol. The largest absolute Gasteiger partial charge is 0.452 e. The molecule has 0 aliphatic carbocycles. The Labute approximate surface area is 142 Å². The summed E-state index contributed by atoms with van der Waals surface area (Å²) in [4.78, 5) is 23.5. The normalized spacial score (nSPS) is 9.92. The molecule has 122 valence electrons. The van der Waals surface area contributed by atoms with Gasteiger partial charge in [-0.15, -0.1) is 0 Å². The number of rotatable bonds is 4. The predicted octanol–water partition coefficient (Wildman–Crippen LogP) is 3.45. The van der Waals surface area contributed by atoms with Crippen LogP contribution in [0, 0.1) is 24.1 Å². The van der Waals surface area contributed by atoms with Crippen LogP contribution in [-0.2, 0) is 9.53 Å². The van der Waals surface area contributed by atoms with Crippen molar-refractivity contribution in [2.45, 2.75) is 6.92 Å². The van der Waals surface area contributed by atoms with Crippen LogP contribution in [0.2, 0.25) is 5.02 Å². The van der Waals surface area contributed by atoms with E-state index in [1.807, 2.05) is 6.92 Å². The van der Waals surface area contributed by atoms with Gasteiger partial charge in [0.25, 0.3) is 5.91 Å². The van der Waals surface area contributed by atoms with Crippen molar-refractivity contribution in [2.75, 3.05) is 11.9 Å². The van der Waals surface area contributed by atoms with Crippen molar-refractivity contribution in [3.8, 4) is 6.07 Å². The highest BCUT2D eigenvalue weighted by molar-refractivity contribution is 6.31. The molecule has 0 heterocycles. The van der Waals surface area contributed by atoms with Gasteiger partial charge >= 0.3 is 5.97 Å². The highest BCUT2D eigenvalue weighted by Crippen LogP contribution is 2.20. The van der Waals surface area contributed by atoms with Gasteiger partial charge in [-0.25, -0.2) is 9.18 Å². The van der Waals surface area contributed by atoms with E-state index in [1.165, 1.54) is 6.07 Å². The van der Waals surface area contributed by atoms with Crippen LogP contribution in [0.15, 0.2) is 36.4 Å². The second kappa shape index (κ2) is 7.57. The van der Waals surface area contributed by atoms with Gasteiger partial charge in [-0.1, -0.05) is 17.7 Å². The smallest absolute Gasteiger partial charge is 0.341 e. The molecule has 0 radical (unpaired) electrons. The molecule has 2 aromatic rings. The van der Waals surface area contributed by atoms with Crippen LogP contribution in [0.25, 0.3) is 0 Å². The topological polar surface area (TPSA) is 79.2 Å². The van der Waals surface area contributed by atoms with E-state index >= 15 is 0 Å². The van der Waals surface area contributed by atoms with Crippen molar-refractivity contribution in [3.05, 3.63) is 63.9 Å². The fourth-order valence-corrected chi connectivity index (χ4v) is 2.01. The van der Waals surface area contributed by atoms with Crippen LogP contribution >= 0.6 is 11.6 Å². The Balaban J connectivity index is 1.95. The summed E-state index contributed by atoms with van der Waals surface area (Å²) in [5.41, 5.74) is 1.05. The monoisotopic (exact) mass is 346 g/mol. The van der Waals surface area contributed by atoms with E-state index in [0.717, 1.165) is 17.7 Å². The summed E-state index contributed by atoms with van der Waals surface area (Å²) < 4.78 is 18.4. The first-order chi connectivity index (χ1) is 11.4. The molecule has 24 heavy (non-hydrogen) atoms. The Morgan fingerprint density at radius 2 is 2.04 bits per heavy atom. The Kier molecular flexibility index (Phi) is 5.51. The number of halogens is 2. The second-order valence-corrected chi connectivity index (χ2v) is 5.30. The summed E-state index contributed by atoms with van der Waals surface area (Å²) in [6.07, 6.45) is 0. The van der Waals surface area contributed by atoms with Crippen LogP contribution in [-0.4, -0.2) is 18.5 Å². The third kappa shape index (κ3) is 4.31. The molecule has 1 amide bonds. The lowest BCUT2D eigenvalue weighted by Crippen LogP contribution is -2.21. The number of anilines is 1. The SMILES string of the molecule is Cc1ccc(NC(=O)COC(=O)c2ccc(C#N)cc2F)cc1Cl. The zero-order valence-electron chi connectivity index (χ0n) is 12.6. The third-order valence-electron chi connectivity index (χ3n) is 3.11. The molecule has 0 fully saturated rings. The second-order valence-electron chi connectivity index (χ2n) is 4.89. The van der Waals surface area contributed by atoms with Gasteiger partial charge in [-0.05, 0) is 42.8 Å². The highest BCUT2D eigenvalue weighted by atomic mass is 35.5. The first kappa shape index (κ1) is 17.4. The quantitative estimate of drug-likeness (QED) is 0.860.